The Kier molecular flexibility index (Phi) is 5.93. The summed E-state index contributed by atoms with van der Waals surface area (Å²) in [5.74, 6) is 0.858. The summed E-state index contributed by atoms with van der Waals surface area (Å²) < 4.78 is 2.09. The molecule has 0 saturated heterocycles. The van der Waals surface area contributed by atoms with Crippen molar-refractivity contribution in [1.82, 2.24) is 14.5 Å². The van der Waals surface area contributed by atoms with Gasteiger partial charge in [-0.3, -0.25) is 4.90 Å². The van der Waals surface area contributed by atoms with Gasteiger partial charge >= 0.3 is 0 Å². The molecular formula is C18H27N3O2. The van der Waals surface area contributed by atoms with Gasteiger partial charge in [-0.05, 0) is 45.5 Å². The van der Waals surface area contributed by atoms with Gasteiger partial charge in [0, 0.05) is 35.7 Å². The first-order valence-electron chi connectivity index (χ1n) is 8.12. The van der Waals surface area contributed by atoms with Gasteiger partial charge in [0.15, 0.2) is 0 Å². The van der Waals surface area contributed by atoms with E-state index in [-0.39, 0.29) is 12.6 Å². The lowest BCUT2D eigenvalue weighted by atomic mass is 10.1. The fourth-order valence-corrected chi connectivity index (χ4v) is 2.82. The zero-order valence-electron chi connectivity index (χ0n) is 14.4. The number of aliphatic hydroxyl groups is 2. The molecule has 0 aliphatic heterocycles. The number of pyridine rings is 1. The van der Waals surface area contributed by atoms with Crippen molar-refractivity contribution >= 4 is 0 Å². The molecule has 0 bridgehead atoms. The van der Waals surface area contributed by atoms with Crippen molar-refractivity contribution in [2.75, 3.05) is 19.7 Å². The number of likely N-dealkylation sites (N-methyl/N-ethyl adjacent to an activating group) is 1. The molecule has 0 aliphatic carbocycles. The third-order valence-electron chi connectivity index (χ3n) is 4.36. The second kappa shape index (κ2) is 7.73. The van der Waals surface area contributed by atoms with E-state index in [1.807, 2.05) is 39.8 Å². The Morgan fingerprint density at radius 3 is 2.30 bits per heavy atom. The maximum atomic E-state index is 10.4. The average Bonchev–Trinajstić information content (AvgIpc) is 2.90. The van der Waals surface area contributed by atoms with E-state index in [0.717, 1.165) is 29.3 Å². The van der Waals surface area contributed by atoms with E-state index in [9.17, 15) is 10.2 Å². The molecule has 23 heavy (non-hydrogen) atoms. The van der Waals surface area contributed by atoms with E-state index in [1.165, 1.54) is 0 Å². The number of aromatic nitrogens is 2. The normalized spacial score (nSPS) is 14.2. The summed E-state index contributed by atoms with van der Waals surface area (Å²) in [6.07, 6.45) is 1.12. The van der Waals surface area contributed by atoms with Gasteiger partial charge in [-0.1, -0.05) is 13.0 Å². The topological polar surface area (TPSA) is 61.5 Å². The van der Waals surface area contributed by atoms with Crippen molar-refractivity contribution in [1.29, 1.82) is 0 Å². The summed E-state index contributed by atoms with van der Waals surface area (Å²) in [4.78, 5) is 6.55. The van der Waals surface area contributed by atoms with E-state index in [0.29, 0.717) is 6.54 Å². The van der Waals surface area contributed by atoms with Gasteiger partial charge in [0.05, 0.1) is 12.7 Å². The molecule has 0 aliphatic rings. The summed E-state index contributed by atoms with van der Waals surface area (Å²) in [6, 6.07) is 8.02. The van der Waals surface area contributed by atoms with E-state index in [1.54, 1.807) is 6.20 Å². The quantitative estimate of drug-likeness (QED) is 0.822. The van der Waals surface area contributed by atoms with E-state index >= 15 is 0 Å². The lowest BCUT2D eigenvalue weighted by Gasteiger charge is -2.28. The smallest absolute Gasteiger partial charge is 0.136 e. The molecule has 0 spiro atoms. The van der Waals surface area contributed by atoms with Crippen molar-refractivity contribution in [2.45, 2.75) is 39.8 Å². The number of rotatable bonds is 7. The first-order valence-corrected chi connectivity index (χ1v) is 8.12. The molecule has 2 N–H and O–H groups in total. The number of aliphatic hydroxyl groups excluding tert-OH is 2. The van der Waals surface area contributed by atoms with E-state index in [2.05, 4.69) is 26.6 Å². The zero-order valence-corrected chi connectivity index (χ0v) is 14.4. The molecule has 0 radical (unpaired) electrons. The Hall–Kier alpha value is -1.69. The monoisotopic (exact) mass is 317 g/mol. The van der Waals surface area contributed by atoms with Crippen molar-refractivity contribution in [2.24, 2.45) is 0 Å². The number of hydrogen-bond acceptors (Lipinski definition) is 4. The highest BCUT2D eigenvalue weighted by Gasteiger charge is 2.17. The lowest BCUT2D eigenvalue weighted by Crippen LogP contribution is -2.38. The fraction of sp³-hybridized carbons (Fsp3) is 0.500. The molecule has 0 saturated carbocycles. The van der Waals surface area contributed by atoms with Crippen LogP contribution in [0.4, 0.5) is 0 Å². The Morgan fingerprint density at radius 1 is 1.17 bits per heavy atom. The molecule has 2 atom stereocenters. The Labute approximate surface area is 138 Å². The standard InChI is InChI=1S/C18H27N3O2/c1-5-20(15(4)12-22)11-17(23)16-8-9-18(19-10-16)21-13(2)6-7-14(21)3/h6-10,15,17,22-23H,5,11-12H2,1-4H3/t15-,17?/m0/s1. The van der Waals surface area contributed by atoms with Crippen LogP contribution in [0.2, 0.25) is 0 Å². The van der Waals surface area contributed by atoms with Gasteiger partial charge in [-0.2, -0.15) is 0 Å². The van der Waals surface area contributed by atoms with Crippen LogP contribution >= 0.6 is 0 Å². The minimum atomic E-state index is -0.614. The highest BCUT2D eigenvalue weighted by molar-refractivity contribution is 5.33. The van der Waals surface area contributed by atoms with Gasteiger partial charge < -0.3 is 14.8 Å². The average molecular weight is 317 g/mol. The minimum absolute atomic E-state index is 0.0343. The lowest BCUT2D eigenvalue weighted by molar-refractivity contribution is 0.0720. The highest BCUT2D eigenvalue weighted by Crippen LogP contribution is 2.18. The van der Waals surface area contributed by atoms with Crippen LogP contribution in [0.3, 0.4) is 0 Å². The molecule has 126 valence electrons. The van der Waals surface area contributed by atoms with Gasteiger partial charge in [0.1, 0.15) is 5.82 Å². The molecule has 5 heteroatoms. The van der Waals surface area contributed by atoms with Crippen molar-refractivity contribution in [3.63, 3.8) is 0 Å². The Balaban J connectivity index is 2.13. The molecule has 2 aromatic rings. The predicted octanol–water partition coefficient (Wildman–Crippen LogP) is 2.23. The van der Waals surface area contributed by atoms with Crippen LogP contribution in [0.25, 0.3) is 5.82 Å². The molecule has 0 fully saturated rings. The van der Waals surface area contributed by atoms with Gasteiger partial charge in [-0.25, -0.2) is 4.98 Å². The highest BCUT2D eigenvalue weighted by atomic mass is 16.3. The molecule has 2 aromatic heterocycles. The third-order valence-corrected chi connectivity index (χ3v) is 4.36. The summed E-state index contributed by atoms with van der Waals surface area (Å²) in [5, 5.41) is 19.7. The van der Waals surface area contributed by atoms with E-state index in [4.69, 9.17) is 0 Å². The molecule has 2 rings (SSSR count). The van der Waals surface area contributed by atoms with Crippen LogP contribution in [0, 0.1) is 13.8 Å². The maximum absolute atomic E-state index is 10.4. The maximum Gasteiger partial charge on any atom is 0.136 e. The van der Waals surface area contributed by atoms with Gasteiger partial charge in [0.25, 0.3) is 0 Å². The zero-order chi connectivity index (χ0) is 17.0. The second-order valence-corrected chi connectivity index (χ2v) is 6.04. The summed E-state index contributed by atoms with van der Waals surface area (Å²) in [6.45, 7) is 9.43. The molecule has 5 nitrogen and oxygen atoms in total. The van der Waals surface area contributed by atoms with Crippen LogP contribution in [0.15, 0.2) is 30.5 Å². The summed E-state index contributed by atoms with van der Waals surface area (Å²) >= 11 is 0. The SMILES string of the molecule is CCN(CC(O)c1ccc(-n2c(C)ccc2C)nc1)[C@@H](C)CO. The summed E-state index contributed by atoms with van der Waals surface area (Å²) in [5.41, 5.74) is 3.06. The Morgan fingerprint density at radius 2 is 1.83 bits per heavy atom. The summed E-state index contributed by atoms with van der Waals surface area (Å²) in [7, 11) is 0. The molecule has 2 heterocycles. The fourth-order valence-electron chi connectivity index (χ4n) is 2.82. The predicted molar refractivity (Wildman–Crippen MR) is 91.8 cm³/mol. The number of aryl methyl sites for hydroxylation is 2. The molecule has 0 amide bonds. The third kappa shape index (κ3) is 3.99. The van der Waals surface area contributed by atoms with Crippen LogP contribution < -0.4 is 0 Å². The van der Waals surface area contributed by atoms with Crippen LogP contribution in [-0.4, -0.2) is 50.4 Å². The number of nitrogens with zero attached hydrogens (tertiary/aromatic N) is 3. The van der Waals surface area contributed by atoms with Crippen LogP contribution in [0.5, 0.6) is 0 Å². The van der Waals surface area contributed by atoms with Crippen LogP contribution in [0.1, 0.15) is 36.9 Å². The van der Waals surface area contributed by atoms with Crippen LogP contribution in [-0.2, 0) is 0 Å². The minimum Gasteiger partial charge on any atom is -0.395 e. The molecule has 1 unspecified atom stereocenters. The molecule has 0 aromatic carbocycles. The van der Waals surface area contributed by atoms with Crippen molar-refractivity contribution in [3.8, 4) is 5.82 Å². The van der Waals surface area contributed by atoms with Crippen molar-refractivity contribution < 1.29 is 10.2 Å². The molecular weight excluding hydrogens is 290 g/mol. The Bertz CT molecular complexity index is 602. The largest absolute Gasteiger partial charge is 0.395 e. The van der Waals surface area contributed by atoms with Gasteiger partial charge in [0.2, 0.25) is 0 Å². The number of hydrogen-bond donors (Lipinski definition) is 2. The first kappa shape index (κ1) is 17.7. The first-order chi connectivity index (χ1) is 11.0. The second-order valence-electron chi connectivity index (χ2n) is 6.04. The van der Waals surface area contributed by atoms with Crippen molar-refractivity contribution in [3.05, 3.63) is 47.4 Å². The van der Waals surface area contributed by atoms with E-state index < -0.39 is 6.10 Å². The van der Waals surface area contributed by atoms with Gasteiger partial charge in [-0.15, -0.1) is 0 Å².